The zero-order valence-corrected chi connectivity index (χ0v) is 14.9. The third kappa shape index (κ3) is 2.78. The van der Waals surface area contributed by atoms with Crippen LogP contribution in [0.3, 0.4) is 0 Å². The third-order valence-electron chi connectivity index (χ3n) is 3.66. The van der Waals surface area contributed by atoms with Crippen LogP contribution in [0.25, 0.3) is 5.57 Å². The molecule has 0 radical (unpaired) electrons. The Kier molecular flexibility index (Phi) is 4.33. The van der Waals surface area contributed by atoms with Crippen molar-refractivity contribution in [2.24, 2.45) is 0 Å². The number of rotatable bonds is 4. The van der Waals surface area contributed by atoms with Gasteiger partial charge >= 0.3 is 0 Å². The fourth-order valence-corrected chi connectivity index (χ4v) is 3.86. The van der Waals surface area contributed by atoms with Crippen molar-refractivity contribution < 1.29 is 14.5 Å². The first kappa shape index (κ1) is 16.5. The number of nitro benzene ring substituents is 1. The summed E-state index contributed by atoms with van der Waals surface area (Å²) < 4.78 is 0.813. The second kappa shape index (κ2) is 6.29. The molecule has 0 bridgehead atoms. The largest absolute Gasteiger partial charge is 0.308 e. The van der Waals surface area contributed by atoms with Crippen molar-refractivity contribution in [2.45, 2.75) is 6.92 Å². The summed E-state index contributed by atoms with van der Waals surface area (Å²) >= 11 is 4.56. The lowest BCUT2D eigenvalue weighted by Gasteiger charge is -2.13. The molecule has 0 saturated heterocycles. The number of benzene rings is 1. The second-order valence-electron chi connectivity index (χ2n) is 5.03. The Balaban J connectivity index is 2.10. The molecule has 2 heterocycles. The van der Waals surface area contributed by atoms with E-state index in [1.165, 1.54) is 34.4 Å². The highest BCUT2D eigenvalue weighted by Crippen LogP contribution is 2.39. The van der Waals surface area contributed by atoms with E-state index in [0.717, 1.165) is 3.79 Å². The minimum Gasteiger partial charge on any atom is -0.308 e. The van der Waals surface area contributed by atoms with Crippen molar-refractivity contribution in [1.82, 2.24) is 0 Å². The van der Waals surface area contributed by atoms with Gasteiger partial charge in [0.05, 0.1) is 24.8 Å². The van der Waals surface area contributed by atoms with E-state index in [1.54, 1.807) is 18.2 Å². The van der Waals surface area contributed by atoms with Crippen LogP contribution in [0, 0.1) is 10.1 Å². The Morgan fingerprint density at radius 2 is 2.12 bits per heavy atom. The maximum atomic E-state index is 12.6. The SMILES string of the molecule is CCN1C(=O)C(=CC(=O)c2ccc(Br)s2)c2cc([N+](=O)[O-])ccc21. The lowest BCUT2D eigenvalue weighted by Crippen LogP contribution is -2.25. The molecule has 122 valence electrons. The average Bonchev–Trinajstić information content (AvgIpc) is 3.09. The lowest BCUT2D eigenvalue weighted by atomic mass is 10.0. The molecule has 24 heavy (non-hydrogen) atoms. The molecule has 0 saturated carbocycles. The number of hydrogen-bond acceptors (Lipinski definition) is 5. The topological polar surface area (TPSA) is 80.5 Å². The number of fused-ring (bicyclic) bond motifs is 1. The summed E-state index contributed by atoms with van der Waals surface area (Å²) in [5.74, 6) is -0.624. The highest BCUT2D eigenvalue weighted by molar-refractivity contribution is 9.11. The first-order chi connectivity index (χ1) is 11.4. The molecule has 1 aliphatic heterocycles. The van der Waals surface area contributed by atoms with Crippen LogP contribution in [0.4, 0.5) is 11.4 Å². The van der Waals surface area contributed by atoms with Gasteiger partial charge in [0.1, 0.15) is 0 Å². The van der Waals surface area contributed by atoms with Gasteiger partial charge in [-0.05, 0) is 41.1 Å². The molecule has 1 aromatic carbocycles. The Labute approximate surface area is 149 Å². The zero-order chi connectivity index (χ0) is 17.4. The maximum absolute atomic E-state index is 12.6. The number of nitrogens with zero attached hydrogens (tertiary/aromatic N) is 2. The Morgan fingerprint density at radius 3 is 2.71 bits per heavy atom. The number of carbonyl (C=O) groups excluding carboxylic acids is 2. The molecule has 1 amide bonds. The summed E-state index contributed by atoms with van der Waals surface area (Å²) in [6.07, 6.45) is 1.26. The molecule has 8 heteroatoms. The van der Waals surface area contributed by atoms with Crippen LogP contribution < -0.4 is 4.90 Å². The minimum absolute atomic E-state index is 0.114. The number of likely N-dealkylation sites (N-methyl/N-ethyl adjacent to an activating group) is 1. The smallest absolute Gasteiger partial charge is 0.270 e. The molecule has 0 N–H and O–H groups in total. The van der Waals surface area contributed by atoms with Crippen LogP contribution in [0.2, 0.25) is 0 Å². The van der Waals surface area contributed by atoms with Gasteiger partial charge in [0.2, 0.25) is 0 Å². The van der Waals surface area contributed by atoms with E-state index < -0.39 is 4.92 Å². The van der Waals surface area contributed by atoms with E-state index in [0.29, 0.717) is 22.7 Å². The predicted molar refractivity (Wildman–Crippen MR) is 95.4 cm³/mol. The highest BCUT2D eigenvalue weighted by atomic mass is 79.9. The minimum atomic E-state index is -0.519. The van der Waals surface area contributed by atoms with Crippen molar-refractivity contribution >= 4 is 55.9 Å². The van der Waals surface area contributed by atoms with Gasteiger partial charge in [0, 0.05) is 30.3 Å². The number of halogens is 1. The second-order valence-corrected chi connectivity index (χ2v) is 7.50. The van der Waals surface area contributed by atoms with E-state index in [2.05, 4.69) is 15.9 Å². The van der Waals surface area contributed by atoms with E-state index in [-0.39, 0.29) is 23.0 Å². The summed E-state index contributed by atoms with van der Waals surface area (Å²) in [4.78, 5) is 37.4. The standard InChI is InChI=1S/C16H11BrN2O4S/c1-2-18-12-4-3-9(19(22)23)7-10(12)11(16(18)21)8-13(20)14-5-6-15(17)24-14/h3-8H,2H2,1H3. The third-order valence-corrected chi connectivity index (χ3v) is 5.29. The number of thiophene rings is 1. The average molecular weight is 407 g/mol. The van der Waals surface area contributed by atoms with Crippen molar-refractivity contribution in [1.29, 1.82) is 0 Å². The summed E-state index contributed by atoms with van der Waals surface area (Å²) in [5.41, 5.74) is 1.07. The molecule has 0 aliphatic carbocycles. The first-order valence-corrected chi connectivity index (χ1v) is 8.65. The van der Waals surface area contributed by atoms with Gasteiger partial charge < -0.3 is 4.90 Å². The van der Waals surface area contributed by atoms with Crippen LogP contribution in [0.15, 0.2) is 40.2 Å². The molecular formula is C16H11BrN2O4S. The molecule has 2 aromatic rings. The number of nitro groups is 1. The van der Waals surface area contributed by atoms with Crippen molar-refractivity contribution in [2.75, 3.05) is 11.4 Å². The van der Waals surface area contributed by atoms with Gasteiger partial charge in [-0.15, -0.1) is 11.3 Å². The predicted octanol–water partition coefficient (Wildman–Crippen LogP) is 4.05. The molecule has 6 nitrogen and oxygen atoms in total. The summed E-state index contributed by atoms with van der Waals surface area (Å²) in [6.45, 7) is 2.23. The molecule has 0 atom stereocenters. The fraction of sp³-hybridized carbons (Fsp3) is 0.125. The fourth-order valence-electron chi connectivity index (χ4n) is 2.56. The van der Waals surface area contributed by atoms with Crippen LogP contribution >= 0.6 is 27.3 Å². The van der Waals surface area contributed by atoms with Gasteiger partial charge in [-0.3, -0.25) is 19.7 Å². The number of non-ortho nitro benzene ring substituents is 1. The number of ketones is 1. The van der Waals surface area contributed by atoms with E-state index >= 15 is 0 Å². The zero-order valence-electron chi connectivity index (χ0n) is 12.5. The molecule has 0 spiro atoms. The lowest BCUT2D eigenvalue weighted by molar-refractivity contribution is -0.384. The monoisotopic (exact) mass is 406 g/mol. The number of hydrogen-bond donors (Lipinski definition) is 0. The quantitative estimate of drug-likeness (QED) is 0.332. The van der Waals surface area contributed by atoms with Crippen LogP contribution in [0.1, 0.15) is 22.2 Å². The number of amides is 1. The van der Waals surface area contributed by atoms with Crippen LogP contribution in [-0.4, -0.2) is 23.2 Å². The van der Waals surface area contributed by atoms with Gasteiger partial charge in [-0.25, -0.2) is 0 Å². The maximum Gasteiger partial charge on any atom is 0.270 e. The Morgan fingerprint density at radius 1 is 1.38 bits per heavy atom. The van der Waals surface area contributed by atoms with Gasteiger partial charge in [0.25, 0.3) is 11.6 Å². The first-order valence-electron chi connectivity index (χ1n) is 7.04. The van der Waals surface area contributed by atoms with Gasteiger partial charge in [0.15, 0.2) is 5.78 Å². The molecular weight excluding hydrogens is 396 g/mol. The Hall–Kier alpha value is -2.32. The number of carbonyl (C=O) groups is 2. The van der Waals surface area contributed by atoms with Crippen LogP contribution in [-0.2, 0) is 4.79 Å². The van der Waals surface area contributed by atoms with Gasteiger partial charge in [-0.2, -0.15) is 0 Å². The molecule has 1 aliphatic rings. The normalized spacial score (nSPS) is 15.0. The summed E-state index contributed by atoms with van der Waals surface area (Å²) in [7, 11) is 0. The molecule has 0 unspecified atom stereocenters. The molecule has 0 fully saturated rings. The Bertz CT molecular complexity index is 903. The van der Waals surface area contributed by atoms with Crippen molar-refractivity contribution in [3.8, 4) is 0 Å². The van der Waals surface area contributed by atoms with E-state index in [1.807, 2.05) is 6.92 Å². The highest BCUT2D eigenvalue weighted by Gasteiger charge is 2.33. The number of allylic oxidation sites excluding steroid dienone is 1. The molecule has 1 aromatic heterocycles. The van der Waals surface area contributed by atoms with E-state index in [9.17, 15) is 19.7 Å². The van der Waals surface area contributed by atoms with Crippen molar-refractivity contribution in [3.63, 3.8) is 0 Å². The molecule has 3 rings (SSSR count). The van der Waals surface area contributed by atoms with Gasteiger partial charge in [-0.1, -0.05) is 0 Å². The summed E-state index contributed by atoms with van der Waals surface area (Å²) in [6, 6.07) is 7.66. The summed E-state index contributed by atoms with van der Waals surface area (Å²) in [5, 5.41) is 11.0. The van der Waals surface area contributed by atoms with Crippen LogP contribution in [0.5, 0.6) is 0 Å². The van der Waals surface area contributed by atoms with E-state index in [4.69, 9.17) is 0 Å². The van der Waals surface area contributed by atoms with Crippen molar-refractivity contribution in [3.05, 3.63) is 60.7 Å². The number of anilines is 1.